The maximum absolute atomic E-state index is 12.8. The van der Waals surface area contributed by atoms with E-state index in [1.807, 2.05) is 13.8 Å². The minimum atomic E-state index is -1.23. The van der Waals surface area contributed by atoms with Gasteiger partial charge in [0.05, 0.1) is 29.6 Å². The topological polar surface area (TPSA) is 248 Å². The standard InChI is InChI=1S/C30H33N9O6/c1-15(2)17-7-10-20(21(12-17)28(42)43)27(41)33-11-3-4-22(29(44)45)37-26(40)16-5-8-18(9-6-16)34-13-19-14-35-25-23(36-19)24(31)38-30(32)39-25/h5-10,12,14-15,22,34H,3-4,11,13H2,1-2H3,(H,33,41)(H,37,40)(H,42,43)(H,44,45)(H4,31,32,35,38,39)/t22-/m0/s1. The van der Waals surface area contributed by atoms with Crippen molar-refractivity contribution in [2.45, 2.75) is 45.2 Å². The van der Waals surface area contributed by atoms with Gasteiger partial charge in [0, 0.05) is 17.8 Å². The number of carboxylic acids is 2. The maximum atomic E-state index is 12.8. The minimum Gasteiger partial charge on any atom is -0.480 e. The van der Waals surface area contributed by atoms with Gasteiger partial charge in [0.25, 0.3) is 11.8 Å². The van der Waals surface area contributed by atoms with E-state index in [2.05, 4.69) is 35.9 Å². The number of benzene rings is 2. The van der Waals surface area contributed by atoms with Gasteiger partial charge in [-0.05, 0) is 60.7 Å². The summed E-state index contributed by atoms with van der Waals surface area (Å²) in [7, 11) is 0. The van der Waals surface area contributed by atoms with Crippen LogP contribution in [0, 0.1) is 0 Å². The summed E-state index contributed by atoms with van der Waals surface area (Å²) in [5.41, 5.74) is 14.2. The van der Waals surface area contributed by atoms with Crippen molar-refractivity contribution in [3.05, 3.63) is 76.6 Å². The SMILES string of the molecule is CC(C)c1ccc(C(=O)NCCC[C@H](NC(=O)c2ccc(NCc3cnc4nc(N)nc(N)c4n3)cc2)C(=O)O)c(C(=O)O)c1. The molecule has 234 valence electrons. The molecule has 2 amide bonds. The molecule has 0 aliphatic heterocycles. The van der Waals surface area contributed by atoms with E-state index in [0.717, 1.165) is 5.56 Å². The zero-order valence-electron chi connectivity index (χ0n) is 24.6. The molecule has 0 bridgehead atoms. The van der Waals surface area contributed by atoms with Crippen LogP contribution in [0.15, 0.2) is 48.7 Å². The van der Waals surface area contributed by atoms with Gasteiger partial charge in [-0.1, -0.05) is 19.9 Å². The first kappa shape index (κ1) is 32.1. The van der Waals surface area contributed by atoms with Crippen LogP contribution in [0.25, 0.3) is 11.2 Å². The van der Waals surface area contributed by atoms with Crippen molar-refractivity contribution >= 4 is 52.4 Å². The normalized spacial score (nSPS) is 11.6. The first-order valence-corrected chi connectivity index (χ1v) is 14.0. The van der Waals surface area contributed by atoms with Gasteiger partial charge in [-0.3, -0.25) is 9.59 Å². The highest BCUT2D eigenvalue weighted by molar-refractivity contribution is 6.05. The van der Waals surface area contributed by atoms with Crippen molar-refractivity contribution < 1.29 is 29.4 Å². The zero-order valence-corrected chi connectivity index (χ0v) is 24.6. The monoisotopic (exact) mass is 615 g/mol. The van der Waals surface area contributed by atoms with Crippen LogP contribution in [-0.4, -0.2) is 66.5 Å². The van der Waals surface area contributed by atoms with E-state index in [1.54, 1.807) is 30.3 Å². The lowest BCUT2D eigenvalue weighted by Crippen LogP contribution is -2.41. The number of carboxylic acid groups (broad SMARTS) is 2. The summed E-state index contributed by atoms with van der Waals surface area (Å²) in [5, 5.41) is 27.4. The Morgan fingerprint density at radius 1 is 0.911 bits per heavy atom. The largest absolute Gasteiger partial charge is 0.480 e. The lowest BCUT2D eigenvalue weighted by Gasteiger charge is -2.15. The molecule has 0 saturated heterocycles. The van der Waals surface area contributed by atoms with Gasteiger partial charge < -0.3 is 37.6 Å². The number of hydrogen-bond donors (Lipinski definition) is 7. The summed E-state index contributed by atoms with van der Waals surface area (Å²) >= 11 is 0. The van der Waals surface area contributed by atoms with E-state index in [0.29, 0.717) is 16.9 Å². The highest BCUT2D eigenvalue weighted by Crippen LogP contribution is 2.20. The van der Waals surface area contributed by atoms with Crippen LogP contribution in [0.1, 0.15) is 74.9 Å². The third-order valence-electron chi connectivity index (χ3n) is 6.87. The van der Waals surface area contributed by atoms with Gasteiger partial charge in [0.2, 0.25) is 5.95 Å². The van der Waals surface area contributed by atoms with Crippen LogP contribution in [0.5, 0.6) is 0 Å². The fourth-order valence-electron chi connectivity index (χ4n) is 4.40. The first-order valence-electron chi connectivity index (χ1n) is 14.0. The molecule has 0 fully saturated rings. The van der Waals surface area contributed by atoms with E-state index in [1.165, 1.54) is 18.3 Å². The fourth-order valence-corrected chi connectivity index (χ4v) is 4.40. The summed E-state index contributed by atoms with van der Waals surface area (Å²) in [6.07, 6.45) is 1.78. The number of nitrogens with one attached hydrogen (secondary N) is 3. The molecule has 0 aliphatic carbocycles. The van der Waals surface area contributed by atoms with Crippen molar-refractivity contribution in [1.82, 2.24) is 30.6 Å². The Kier molecular flexibility index (Phi) is 10.0. The fraction of sp³-hybridized carbons (Fsp3) is 0.267. The molecule has 0 radical (unpaired) electrons. The Bertz CT molecular complexity index is 1740. The molecule has 4 aromatic rings. The Hall–Kier alpha value is -5.86. The molecule has 2 aromatic heterocycles. The second kappa shape index (κ2) is 14.1. The summed E-state index contributed by atoms with van der Waals surface area (Å²) in [6.45, 7) is 4.21. The zero-order chi connectivity index (χ0) is 32.7. The van der Waals surface area contributed by atoms with Gasteiger partial charge in [-0.15, -0.1) is 0 Å². The average Bonchev–Trinajstić information content (AvgIpc) is 3.01. The number of nitrogens with zero attached hydrogens (tertiary/aromatic N) is 4. The highest BCUT2D eigenvalue weighted by Gasteiger charge is 2.22. The summed E-state index contributed by atoms with van der Waals surface area (Å²) in [4.78, 5) is 65.4. The molecular formula is C30H33N9O6. The van der Waals surface area contributed by atoms with Crippen molar-refractivity contribution in [3.63, 3.8) is 0 Å². The average molecular weight is 616 g/mol. The summed E-state index contributed by atoms with van der Waals surface area (Å²) in [5.74, 6) is -3.39. The van der Waals surface area contributed by atoms with Crippen LogP contribution >= 0.6 is 0 Å². The third-order valence-corrected chi connectivity index (χ3v) is 6.87. The van der Waals surface area contributed by atoms with Crippen molar-refractivity contribution in [2.75, 3.05) is 23.3 Å². The molecular weight excluding hydrogens is 582 g/mol. The number of anilines is 3. The summed E-state index contributed by atoms with van der Waals surface area (Å²) in [6, 6.07) is 9.85. The van der Waals surface area contributed by atoms with Gasteiger partial charge in [-0.2, -0.15) is 9.97 Å². The van der Waals surface area contributed by atoms with E-state index < -0.39 is 29.8 Å². The first-order chi connectivity index (χ1) is 21.4. The second-order valence-corrected chi connectivity index (χ2v) is 10.5. The number of nitrogens with two attached hydrogens (primary N) is 2. The van der Waals surface area contributed by atoms with E-state index in [-0.39, 0.29) is 66.0 Å². The molecule has 15 heteroatoms. The molecule has 0 aliphatic rings. The maximum Gasteiger partial charge on any atom is 0.336 e. The Balaban J connectivity index is 1.28. The number of amides is 2. The number of aromatic carboxylic acids is 1. The van der Waals surface area contributed by atoms with Gasteiger partial charge in [0.1, 0.15) is 6.04 Å². The van der Waals surface area contributed by atoms with Gasteiger partial charge in [0.15, 0.2) is 17.0 Å². The molecule has 1 atom stereocenters. The number of hydrogen-bond acceptors (Lipinski definition) is 11. The van der Waals surface area contributed by atoms with Crippen molar-refractivity contribution in [1.29, 1.82) is 0 Å². The van der Waals surface area contributed by atoms with Crippen molar-refractivity contribution in [3.8, 4) is 0 Å². The molecule has 0 saturated carbocycles. The van der Waals surface area contributed by atoms with E-state index in [9.17, 15) is 29.4 Å². The minimum absolute atomic E-state index is 0.00376. The molecule has 45 heavy (non-hydrogen) atoms. The smallest absolute Gasteiger partial charge is 0.336 e. The predicted octanol–water partition coefficient (Wildman–Crippen LogP) is 2.41. The van der Waals surface area contributed by atoms with E-state index in [4.69, 9.17) is 11.5 Å². The van der Waals surface area contributed by atoms with Crippen molar-refractivity contribution in [2.24, 2.45) is 0 Å². The molecule has 0 spiro atoms. The molecule has 4 rings (SSSR count). The summed E-state index contributed by atoms with van der Waals surface area (Å²) < 4.78 is 0. The van der Waals surface area contributed by atoms with Crippen LogP contribution < -0.4 is 27.4 Å². The molecule has 2 aromatic carbocycles. The Labute approximate surface area is 257 Å². The number of fused-ring (bicyclic) bond motifs is 1. The van der Waals surface area contributed by atoms with Gasteiger partial charge in [-0.25, -0.2) is 19.6 Å². The third kappa shape index (κ3) is 8.16. The van der Waals surface area contributed by atoms with Crippen LogP contribution in [0.2, 0.25) is 0 Å². The molecule has 15 nitrogen and oxygen atoms in total. The lowest BCUT2D eigenvalue weighted by atomic mass is 9.97. The Morgan fingerprint density at radius 2 is 1.64 bits per heavy atom. The van der Waals surface area contributed by atoms with Gasteiger partial charge >= 0.3 is 11.9 Å². The molecule has 9 N–H and O–H groups in total. The number of carbonyl (C=O) groups excluding carboxylic acids is 2. The Morgan fingerprint density at radius 3 is 2.31 bits per heavy atom. The predicted molar refractivity (Wildman–Crippen MR) is 166 cm³/mol. The highest BCUT2D eigenvalue weighted by atomic mass is 16.4. The molecule has 0 unspecified atom stereocenters. The van der Waals surface area contributed by atoms with Crippen LogP contribution in [-0.2, 0) is 11.3 Å². The lowest BCUT2D eigenvalue weighted by molar-refractivity contribution is -0.139. The number of nitrogen functional groups attached to an aromatic ring is 2. The molecule has 2 heterocycles. The van der Waals surface area contributed by atoms with Crippen LogP contribution in [0.4, 0.5) is 17.5 Å². The number of aliphatic carboxylic acids is 1. The van der Waals surface area contributed by atoms with Crippen LogP contribution in [0.3, 0.4) is 0 Å². The second-order valence-electron chi connectivity index (χ2n) is 10.5. The number of rotatable bonds is 13. The van der Waals surface area contributed by atoms with E-state index >= 15 is 0 Å². The number of aromatic nitrogens is 4. The quantitative estimate of drug-likeness (QED) is 0.107. The number of carbonyl (C=O) groups is 4.